The number of nitrogens with one attached hydrogen (secondary N) is 2. The quantitative estimate of drug-likeness (QED) is 0.436. The Hall–Kier alpha value is -3.57. The summed E-state index contributed by atoms with van der Waals surface area (Å²) >= 11 is 6.48. The molecule has 12 heteroatoms. The second-order valence-corrected chi connectivity index (χ2v) is 10.1. The van der Waals surface area contributed by atoms with E-state index in [9.17, 15) is 14.7 Å². The van der Waals surface area contributed by atoms with Crippen LogP contribution >= 0.6 is 11.6 Å². The van der Waals surface area contributed by atoms with Gasteiger partial charge in [0, 0.05) is 41.4 Å². The van der Waals surface area contributed by atoms with E-state index in [2.05, 4.69) is 20.3 Å². The van der Waals surface area contributed by atoms with Gasteiger partial charge in [-0.2, -0.15) is 4.98 Å². The molecule has 0 spiro atoms. The number of ether oxygens (including phenoxy) is 3. The van der Waals surface area contributed by atoms with Crippen LogP contribution in [0.25, 0.3) is 22.2 Å². The summed E-state index contributed by atoms with van der Waals surface area (Å²) in [6, 6.07) is 4.35. The van der Waals surface area contributed by atoms with Crippen molar-refractivity contribution in [2.45, 2.75) is 44.9 Å². The Bertz CT molecular complexity index is 1370. The number of pyridine rings is 1. The molecule has 0 unspecified atom stereocenters. The molecule has 198 valence electrons. The van der Waals surface area contributed by atoms with E-state index >= 15 is 0 Å². The minimum atomic E-state index is -0.644. The molecule has 1 amide bonds. The number of halogens is 1. The van der Waals surface area contributed by atoms with E-state index in [-0.39, 0.29) is 29.7 Å². The van der Waals surface area contributed by atoms with Gasteiger partial charge in [0.2, 0.25) is 5.95 Å². The summed E-state index contributed by atoms with van der Waals surface area (Å²) in [4.78, 5) is 38.7. The van der Waals surface area contributed by atoms with Crippen LogP contribution in [0.1, 0.15) is 27.2 Å². The fourth-order valence-corrected chi connectivity index (χ4v) is 4.51. The Kier molecular flexibility index (Phi) is 7.47. The van der Waals surface area contributed by atoms with E-state index in [4.69, 9.17) is 25.8 Å². The molecule has 11 nitrogen and oxygen atoms in total. The number of fused-ring (bicyclic) bond motifs is 1. The lowest BCUT2D eigenvalue weighted by Crippen LogP contribution is -2.41. The number of aliphatic hydroxyl groups excluding tert-OH is 1. The first-order valence-corrected chi connectivity index (χ1v) is 12.1. The highest BCUT2D eigenvalue weighted by Crippen LogP contribution is 2.38. The van der Waals surface area contributed by atoms with Gasteiger partial charge in [-0.05, 0) is 39.3 Å². The van der Waals surface area contributed by atoms with Crippen LogP contribution in [0.5, 0.6) is 11.5 Å². The minimum absolute atomic E-state index is 0.191. The number of likely N-dealkylation sites (tertiary alicyclic amines) is 1. The number of aliphatic hydroxyl groups is 1. The maximum Gasteiger partial charge on any atom is 0.410 e. The van der Waals surface area contributed by atoms with Gasteiger partial charge in [0.05, 0.1) is 31.9 Å². The number of aromatic amines is 1. The summed E-state index contributed by atoms with van der Waals surface area (Å²) in [5.41, 5.74) is 0.0549. The van der Waals surface area contributed by atoms with Crippen LogP contribution in [0.2, 0.25) is 5.02 Å². The summed E-state index contributed by atoms with van der Waals surface area (Å²) in [5.74, 6) is 1.15. The number of H-pyrrole nitrogens is 1. The van der Waals surface area contributed by atoms with Crippen LogP contribution in [0.15, 0.2) is 29.2 Å². The van der Waals surface area contributed by atoms with E-state index < -0.39 is 17.3 Å². The molecule has 3 heterocycles. The fourth-order valence-electron chi connectivity index (χ4n) is 4.22. The van der Waals surface area contributed by atoms with E-state index in [1.165, 1.54) is 19.1 Å². The van der Waals surface area contributed by atoms with Crippen molar-refractivity contribution < 1.29 is 24.1 Å². The van der Waals surface area contributed by atoms with Crippen LogP contribution in [0.3, 0.4) is 0 Å². The third kappa shape index (κ3) is 5.72. The molecule has 37 heavy (non-hydrogen) atoms. The van der Waals surface area contributed by atoms with Gasteiger partial charge in [-0.15, -0.1) is 0 Å². The molecular formula is C25H30ClN5O6. The lowest BCUT2D eigenvalue weighted by Gasteiger charge is -2.27. The van der Waals surface area contributed by atoms with Crippen molar-refractivity contribution in [3.63, 3.8) is 0 Å². The van der Waals surface area contributed by atoms with Crippen LogP contribution < -0.4 is 20.3 Å². The van der Waals surface area contributed by atoms with Gasteiger partial charge >= 0.3 is 6.09 Å². The largest absolute Gasteiger partial charge is 0.497 e. The van der Waals surface area contributed by atoms with Crippen LogP contribution in [-0.2, 0) is 4.74 Å². The molecule has 1 aliphatic heterocycles. The van der Waals surface area contributed by atoms with Gasteiger partial charge in [-0.25, -0.2) is 9.78 Å². The zero-order chi connectivity index (χ0) is 26.9. The molecule has 4 rings (SSSR count). The van der Waals surface area contributed by atoms with Crippen LogP contribution in [-0.4, -0.2) is 76.1 Å². The monoisotopic (exact) mass is 531 g/mol. The van der Waals surface area contributed by atoms with E-state index in [0.29, 0.717) is 46.6 Å². The van der Waals surface area contributed by atoms with E-state index in [0.717, 1.165) is 0 Å². The maximum atomic E-state index is 13.0. The molecule has 0 radical (unpaired) electrons. The molecule has 0 saturated carbocycles. The summed E-state index contributed by atoms with van der Waals surface area (Å²) in [6.07, 6.45) is 1.59. The number of rotatable bonds is 6. The standard InChI is InChI=1S/C25H30ClN5O6/c1-25(2,3)37-24(34)31-11-14(7-15(31)12-32)28-23-27-10-13-6-18(22(33)29-21(13)30-23)17-8-16(35-4)9-19(36-5)20(17)26/h6,8-10,14-15,32H,7,11-12H2,1-5H3,(H2,27,28,29,30,33)/t14-,15-/m0/s1. The highest BCUT2D eigenvalue weighted by Gasteiger charge is 2.37. The van der Waals surface area contributed by atoms with E-state index in [1.807, 2.05) is 0 Å². The van der Waals surface area contributed by atoms with Crippen molar-refractivity contribution in [2.75, 3.05) is 32.7 Å². The first-order chi connectivity index (χ1) is 17.5. The Balaban J connectivity index is 1.58. The van der Waals surface area contributed by atoms with Gasteiger partial charge in [-0.3, -0.25) is 4.79 Å². The first kappa shape index (κ1) is 26.5. The van der Waals surface area contributed by atoms with Crippen molar-refractivity contribution in [3.05, 3.63) is 39.8 Å². The minimum Gasteiger partial charge on any atom is -0.497 e. The number of aromatic nitrogens is 3. The topological polar surface area (TPSA) is 139 Å². The summed E-state index contributed by atoms with van der Waals surface area (Å²) < 4.78 is 16.1. The normalized spacial score (nSPS) is 17.6. The number of carbonyl (C=O) groups excluding carboxylic acids is 1. The molecule has 2 aromatic heterocycles. The molecule has 1 aliphatic rings. The van der Waals surface area contributed by atoms with Crippen molar-refractivity contribution in [2.24, 2.45) is 0 Å². The van der Waals surface area contributed by atoms with E-state index in [1.54, 1.807) is 45.2 Å². The third-order valence-corrected chi connectivity index (χ3v) is 6.33. The van der Waals surface area contributed by atoms with Crippen LogP contribution in [0.4, 0.5) is 10.7 Å². The number of carbonyl (C=O) groups is 1. The highest BCUT2D eigenvalue weighted by atomic mass is 35.5. The van der Waals surface area contributed by atoms with Gasteiger partial charge in [-0.1, -0.05) is 11.6 Å². The Labute approximate surface area is 218 Å². The third-order valence-electron chi connectivity index (χ3n) is 5.94. The molecule has 3 aromatic rings. The molecular weight excluding hydrogens is 502 g/mol. The van der Waals surface area contributed by atoms with Crippen molar-refractivity contribution in [1.82, 2.24) is 19.9 Å². The van der Waals surface area contributed by atoms with Crippen molar-refractivity contribution in [1.29, 1.82) is 0 Å². The number of nitrogens with zero attached hydrogens (tertiary/aromatic N) is 3. The molecule has 0 bridgehead atoms. The molecule has 1 saturated heterocycles. The molecule has 3 N–H and O–H groups in total. The highest BCUT2D eigenvalue weighted by molar-refractivity contribution is 6.35. The van der Waals surface area contributed by atoms with Gasteiger partial charge in [0.1, 0.15) is 22.7 Å². The number of anilines is 1. The zero-order valence-corrected chi connectivity index (χ0v) is 22.0. The number of amides is 1. The number of hydrogen-bond donors (Lipinski definition) is 3. The Morgan fingerprint density at radius 1 is 1.24 bits per heavy atom. The predicted molar refractivity (Wildman–Crippen MR) is 140 cm³/mol. The smallest absolute Gasteiger partial charge is 0.410 e. The SMILES string of the molecule is COc1cc(OC)c(Cl)c(-c2cc3cnc(N[C@H]4C[C@@H](CO)N(C(=O)OC(C)(C)C)C4)nc3[nH]c2=O)c1. The number of hydrogen-bond acceptors (Lipinski definition) is 9. The predicted octanol–water partition coefficient (Wildman–Crippen LogP) is 3.44. The average molecular weight is 532 g/mol. The number of benzene rings is 1. The average Bonchev–Trinajstić information content (AvgIpc) is 3.26. The second-order valence-electron chi connectivity index (χ2n) is 9.75. The van der Waals surface area contributed by atoms with Gasteiger partial charge < -0.3 is 34.5 Å². The number of methoxy groups -OCH3 is 2. The van der Waals surface area contributed by atoms with Crippen molar-refractivity contribution in [3.8, 4) is 22.6 Å². The summed E-state index contributed by atoms with van der Waals surface area (Å²) in [6.45, 7) is 5.49. The van der Waals surface area contributed by atoms with Gasteiger partial charge in [0.15, 0.2) is 0 Å². The van der Waals surface area contributed by atoms with Crippen LogP contribution in [0, 0.1) is 0 Å². The van der Waals surface area contributed by atoms with Crippen molar-refractivity contribution >= 4 is 34.7 Å². The lowest BCUT2D eigenvalue weighted by molar-refractivity contribution is 0.0175. The van der Waals surface area contributed by atoms with Gasteiger partial charge in [0.25, 0.3) is 5.56 Å². The summed E-state index contributed by atoms with van der Waals surface area (Å²) in [7, 11) is 3.00. The molecule has 1 fully saturated rings. The molecule has 2 atom stereocenters. The second kappa shape index (κ2) is 10.4. The fraction of sp³-hybridized carbons (Fsp3) is 0.440. The molecule has 0 aliphatic carbocycles. The maximum absolute atomic E-state index is 13.0. The zero-order valence-electron chi connectivity index (χ0n) is 21.3. The first-order valence-electron chi connectivity index (χ1n) is 11.7. The Morgan fingerprint density at radius 3 is 2.65 bits per heavy atom. The lowest BCUT2D eigenvalue weighted by atomic mass is 10.1. The Morgan fingerprint density at radius 2 is 2.00 bits per heavy atom. The summed E-state index contributed by atoms with van der Waals surface area (Å²) in [5, 5.41) is 13.8. The molecule has 1 aromatic carbocycles.